The van der Waals surface area contributed by atoms with Crippen LogP contribution in [0.1, 0.15) is 27.2 Å². The molecule has 12 heavy (non-hydrogen) atoms. The quantitative estimate of drug-likeness (QED) is 0.557. The second-order valence-electron chi connectivity index (χ2n) is 3.44. The smallest absolute Gasteiger partial charge is 0.207 e. The van der Waals surface area contributed by atoms with Crippen molar-refractivity contribution in [1.29, 1.82) is 0 Å². The first-order chi connectivity index (χ1) is 5.68. The molecule has 0 aromatic rings. The summed E-state index contributed by atoms with van der Waals surface area (Å²) in [6.07, 6.45) is 1.83. The highest BCUT2D eigenvalue weighted by atomic mass is 16.1. The molecule has 0 aliphatic rings. The van der Waals surface area contributed by atoms with Crippen LogP contribution in [0.25, 0.3) is 0 Å². The summed E-state index contributed by atoms with van der Waals surface area (Å²) < 4.78 is 0. The predicted octanol–water partition coefficient (Wildman–Crippen LogP) is 0.758. The molecule has 72 valence electrons. The van der Waals surface area contributed by atoms with Crippen LogP contribution < -0.4 is 10.6 Å². The SMILES string of the molecule is CCNCC(C)(CC)CNC=O. The third-order valence-corrected chi connectivity index (χ3v) is 2.27. The van der Waals surface area contributed by atoms with Gasteiger partial charge in [0.25, 0.3) is 0 Å². The first-order valence-electron chi connectivity index (χ1n) is 4.56. The van der Waals surface area contributed by atoms with E-state index >= 15 is 0 Å². The minimum absolute atomic E-state index is 0.191. The first-order valence-corrected chi connectivity index (χ1v) is 4.56. The molecular formula is C9H20N2O. The summed E-state index contributed by atoms with van der Waals surface area (Å²) in [5.41, 5.74) is 0.191. The molecule has 3 heteroatoms. The van der Waals surface area contributed by atoms with Crippen LogP contribution >= 0.6 is 0 Å². The maximum atomic E-state index is 10.1. The van der Waals surface area contributed by atoms with E-state index in [0.29, 0.717) is 0 Å². The van der Waals surface area contributed by atoms with Gasteiger partial charge in [-0.15, -0.1) is 0 Å². The molecule has 0 saturated carbocycles. The molecule has 0 spiro atoms. The zero-order chi connectivity index (χ0) is 9.45. The van der Waals surface area contributed by atoms with Crippen LogP contribution in [0.3, 0.4) is 0 Å². The van der Waals surface area contributed by atoms with Crippen molar-refractivity contribution in [3.63, 3.8) is 0 Å². The Balaban J connectivity index is 3.77. The second-order valence-corrected chi connectivity index (χ2v) is 3.44. The first kappa shape index (κ1) is 11.4. The van der Waals surface area contributed by atoms with Crippen molar-refractivity contribution < 1.29 is 4.79 Å². The molecule has 2 N–H and O–H groups in total. The van der Waals surface area contributed by atoms with Crippen LogP contribution in [0.4, 0.5) is 0 Å². The Morgan fingerprint density at radius 3 is 2.42 bits per heavy atom. The van der Waals surface area contributed by atoms with Gasteiger partial charge in [-0.1, -0.05) is 20.8 Å². The lowest BCUT2D eigenvalue weighted by molar-refractivity contribution is -0.110. The van der Waals surface area contributed by atoms with Crippen LogP contribution in [-0.2, 0) is 4.79 Å². The largest absolute Gasteiger partial charge is 0.358 e. The van der Waals surface area contributed by atoms with Gasteiger partial charge in [-0.2, -0.15) is 0 Å². The average Bonchev–Trinajstić information content (AvgIpc) is 2.11. The summed E-state index contributed by atoms with van der Waals surface area (Å²) in [6, 6.07) is 0. The monoisotopic (exact) mass is 172 g/mol. The standard InChI is InChI=1S/C9H20N2O/c1-4-9(3,6-10-5-2)7-11-8-12/h8,10H,4-7H2,1-3H3,(H,11,12). The van der Waals surface area contributed by atoms with Crippen molar-refractivity contribution in [2.24, 2.45) is 5.41 Å². The summed E-state index contributed by atoms with van der Waals surface area (Å²) >= 11 is 0. The molecule has 0 radical (unpaired) electrons. The molecule has 0 fully saturated rings. The minimum Gasteiger partial charge on any atom is -0.358 e. The lowest BCUT2D eigenvalue weighted by atomic mass is 9.87. The third-order valence-electron chi connectivity index (χ3n) is 2.27. The van der Waals surface area contributed by atoms with Crippen molar-refractivity contribution in [2.45, 2.75) is 27.2 Å². The highest BCUT2D eigenvalue weighted by Crippen LogP contribution is 2.17. The lowest BCUT2D eigenvalue weighted by Gasteiger charge is -2.27. The number of carbonyl (C=O) groups is 1. The Hall–Kier alpha value is -0.570. The van der Waals surface area contributed by atoms with Crippen LogP contribution in [0.2, 0.25) is 0 Å². The molecule has 0 aliphatic heterocycles. The topological polar surface area (TPSA) is 41.1 Å². The van der Waals surface area contributed by atoms with E-state index in [1.54, 1.807) is 0 Å². The predicted molar refractivity (Wildman–Crippen MR) is 51.0 cm³/mol. The van der Waals surface area contributed by atoms with E-state index < -0.39 is 0 Å². The molecule has 1 unspecified atom stereocenters. The van der Waals surface area contributed by atoms with E-state index in [0.717, 1.165) is 32.5 Å². The molecule has 0 aliphatic carbocycles. The molecule has 0 aromatic heterocycles. The molecule has 0 bridgehead atoms. The zero-order valence-corrected chi connectivity index (χ0v) is 8.31. The van der Waals surface area contributed by atoms with E-state index in [1.165, 1.54) is 0 Å². The van der Waals surface area contributed by atoms with Crippen LogP contribution in [0.15, 0.2) is 0 Å². The van der Waals surface area contributed by atoms with Gasteiger partial charge in [-0.05, 0) is 18.4 Å². The fraction of sp³-hybridized carbons (Fsp3) is 0.889. The van der Waals surface area contributed by atoms with Gasteiger partial charge >= 0.3 is 0 Å². The van der Waals surface area contributed by atoms with Gasteiger partial charge in [0.2, 0.25) is 6.41 Å². The van der Waals surface area contributed by atoms with Crippen LogP contribution in [0.5, 0.6) is 0 Å². The molecule has 1 amide bonds. The van der Waals surface area contributed by atoms with E-state index in [9.17, 15) is 4.79 Å². The number of nitrogens with one attached hydrogen (secondary N) is 2. The normalized spacial score (nSPS) is 15.2. The van der Waals surface area contributed by atoms with E-state index in [-0.39, 0.29) is 5.41 Å². The molecule has 3 nitrogen and oxygen atoms in total. The average molecular weight is 172 g/mol. The Bertz CT molecular complexity index is 128. The van der Waals surface area contributed by atoms with Crippen LogP contribution in [-0.4, -0.2) is 26.0 Å². The summed E-state index contributed by atoms with van der Waals surface area (Å²) in [4.78, 5) is 10.1. The second kappa shape index (κ2) is 6.00. The number of hydrogen-bond acceptors (Lipinski definition) is 2. The van der Waals surface area contributed by atoms with Gasteiger partial charge in [-0.25, -0.2) is 0 Å². The number of amides is 1. The maximum Gasteiger partial charge on any atom is 0.207 e. The van der Waals surface area contributed by atoms with Gasteiger partial charge in [0.1, 0.15) is 0 Å². The fourth-order valence-electron chi connectivity index (χ4n) is 1.03. The summed E-state index contributed by atoms with van der Waals surface area (Å²) in [6.45, 7) is 9.09. The number of hydrogen-bond donors (Lipinski definition) is 2. The molecular weight excluding hydrogens is 152 g/mol. The molecule has 1 atom stereocenters. The Morgan fingerprint density at radius 1 is 1.33 bits per heavy atom. The highest BCUT2D eigenvalue weighted by Gasteiger charge is 2.20. The van der Waals surface area contributed by atoms with E-state index in [2.05, 4.69) is 31.4 Å². The Labute approximate surface area is 74.9 Å². The van der Waals surface area contributed by atoms with Crippen molar-refractivity contribution >= 4 is 6.41 Å². The third kappa shape index (κ3) is 4.34. The van der Waals surface area contributed by atoms with Crippen molar-refractivity contribution in [1.82, 2.24) is 10.6 Å². The summed E-state index contributed by atoms with van der Waals surface area (Å²) in [7, 11) is 0. The zero-order valence-electron chi connectivity index (χ0n) is 8.31. The number of carbonyl (C=O) groups excluding carboxylic acids is 1. The van der Waals surface area contributed by atoms with Crippen molar-refractivity contribution in [3.8, 4) is 0 Å². The van der Waals surface area contributed by atoms with Crippen LogP contribution in [0, 0.1) is 5.41 Å². The Kier molecular flexibility index (Phi) is 5.72. The molecule has 0 saturated heterocycles. The van der Waals surface area contributed by atoms with Gasteiger partial charge in [0.05, 0.1) is 0 Å². The molecule has 0 heterocycles. The summed E-state index contributed by atoms with van der Waals surface area (Å²) in [5.74, 6) is 0. The fourth-order valence-corrected chi connectivity index (χ4v) is 1.03. The Morgan fingerprint density at radius 2 is 2.00 bits per heavy atom. The lowest BCUT2D eigenvalue weighted by Crippen LogP contribution is -2.39. The molecule has 0 aromatic carbocycles. The van der Waals surface area contributed by atoms with Crippen molar-refractivity contribution in [2.75, 3.05) is 19.6 Å². The van der Waals surface area contributed by atoms with E-state index in [1.807, 2.05) is 0 Å². The van der Waals surface area contributed by atoms with Gasteiger partial charge in [0.15, 0.2) is 0 Å². The van der Waals surface area contributed by atoms with Gasteiger partial charge in [0, 0.05) is 13.1 Å². The van der Waals surface area contributed by atoms with E-state index in [4.69, 9.17) is 0 Å². The molecule has 0 rings (SSSR count). The summed E-state index contributed by atoms with van der Waals surface area (Å²) in [5, 5.41) is 6.02. The maximum absolute atomic E-state index is 10.1. The van der Waals surface area contributed by atoms with Crippen molar-refractivity contribution in [3.05, 3.63) is 0 Å². The van der Waals surface area contributed by atoms with Gasteiger partial charge < -0.3 is 10.6 Å². The number of rotatable bonds is 7. The highest BCUT2D eigenvalue weighted by molar-refractivity contribution is 5.45. The van der Waals surface area contributed by atoms with Gasteiger partial charge in [-0.3, -0.25) is 4.79 Å². The minimum atomic E-state index is 0.191.